The zero-order valence-corrected chi connectivity index (χ0v) is 11.0. The summed E-state index contributed by atoms with van der Waals surface area (Å²) in [4.78, 5) is 1.14. The van der Waals surface area contributed by atoms with Gasteiger partial charge in [-0.2, -0.15) is 0 Å². The van der Waals surface area contributed by atoms with E-state index in [0.29, 0.717) is 6.61 Å². The van der Waals surface area contributed by atoms with Gasteiger partial charge in [-0.05, 0) is 36.1 Å². The average molecular weight is 265 g/mol. The minimum Gasteiger partial charge on any atom is -0.366 e. The van der Waals surface area contributed by atoms with E-state index in [0.717, 1.165) is 10.4 Å². The third-order valence-electron chi connectivity index (χ3n) is 2.64. The second-order valence-electron chi connectivity index (χ2n) is 4.23. The van der Waals surface area contributed by atoms with Gasteiger partial charge in [0, 0.05) is 10.9 Å². The number of hydrogen-bond donors (Lipinski definition) is 1. The highest BCUT2D eigenvalue weighted by Crippen LogP contribution is 2.23. The van der Waals surface area contributed by atoms with E-state index < -0.39 is 0 Å². The first-order chi connectivity index (χ1) is 8.66. The quantitative estimate of drug-likeness (QED) is 0.898. The monoisotopic (exact) mass is 265 g/mol. The molecule has 2 atom stereocenters. The normalized spacial score (nSPS) is 14.4. The summed E-state index contributed by atoms with van der Waals surface area (Å²) in [6.07, 6.45) is -0.289. The van der Waals surface area contributed by atoms with Crippen molar-refractivity contribution < 1.29 is 9.13 Å². The largest absolute Gasteiger partial charge is 0.366 e. The van der Waals surface area contributed by atoms with Gasteiger partial charge in [-0.25, -0.2) is 4.39 Å². The van der Waals surface area contributed by atoms with Gasteiger partial charge >= 0.3 is 0 Å². The first-order valence-electron chi connectivity index (χ1n) is 5.82. The number of thiophene rings is 1. The summed E-state index contributed by atoms with van der Waals surface area (Å²) in [6, 6.07) is 10.2. The molecule has 1 aromatic heterocycles. The van der Waals surface area contributed by atoms with Crippen molar-refractivity contribution >= 4 is 11.3 Å². The summed E-state index contributed by atoms with van der Waals surface area (Å²) in [5.41, 5.74) is 6.69. The number of rotatable bonds is 5. The summed E-state index contributed by atoms with van der Waals surface area (Å²) in [5.74, 6) is -0.266. The SMILES string of the molecule is CC(N)C(OCc1cccs1)c1cccc(F)c1. The van der Waals surface area contributed by atoms with Crippen LogP contribution in [0, 0.1) is 5.82 Å². The molecule has 0 spiro atoms. The van der Waals surface area contributed by atoms with Crippen molar-refractivity contribution in [3.05, 3.63) is 58.0 Å². The Morgan fingerprint density at radius 1 is 1.33 bits per heavy atom. The van der Waals surface area contributed by atoms with Gasteiger partial charge in [-0.3, -0.25) is 0 Å². The van der Waals surface area contributed by atoms with E-state index in [1.54, 1.807) is 17.4 Å². The van der Waals surface area contributed by atoms with Crippen LogP contribution in [-0.2, 0) is 11.3 Å². The average Bonchev–Trinajstić information content (AvgIpc) is 2.82. The fraction of sp³-hybridized carbons (Fsp3) is 0.286. The molecule has 2 rings (SSSR count). The fourth-order valence-electron chi connectivity index (χ4n) is 1.80. The molecule has 2 N–H and O–H groups in total. The molecule has 0 aliphatic rings. The molecule has 0 amide bonds. The number of benzene rings is 1. The summed E-state index contributed by atoms with van der Waals surface area (Å²) in [5, 5.41) is 2.00. The predicted molar refractivity (Wildman–Crippen MR) is 71.9 cm³/mol. The van der Waals surface area contributed by atoms with E-state index in [1.165, 1.54) is 12.1 Å². The Bertz CT molecular complexity index is 484. The molecule has 2 aromatic rings. The maximum Gasteiger partial charge on any atom is 0.123 e. The van der Waals surface area contributed by atoms with Crippen LogP contribution in [0.25, 0.3) is 0 Å². The zero-order valence-electron chi connectivity index (χ0n) is 10.2. The van der Waals surface area contributed by atoms with Crippen LogP contribution in [0.4, 0.5) is 4.39 Å². The number of ether oxygens (including phenoxy) is 1. The Labute approximate surface area is 110 Å². The van der Waals surface area contributed by atoms with E-state index in [-0.39, 0.29) is 18.0 Å². The van der Waals surface area contributed by atoms with Crippen LogP contribution in [0.15, 0.2) is 41.8 Å². The minimum absolute atomic E-state index is 0.188. The van der Waals surface area contributed by atoms with Crippen LogP contribution in [0.2, 0.25) is 0 Å². The van der Waals surface area contributed by atoms with Crippen LogP contribution in [-0.4, -0.2) is 6.04 Å². The summed E-state index contributed by atoms with van der Waals surface area (Å²) < 4.78 is 19.0. The topological polar surface area (TPSA) is 35.2 Å². The Morgan fingerprint density at radius 2 is 2.17 bits per heavy atom. The lowest BCUT2D eigenvalue weighted by Crippen LogP contribution is -2.26. The van der Waals surface area contributed by atoms with Gasteiger partial charge in [0.1, 0.15) is 5.82 Å². The summed E-state index contributed by atoms with van der Waals surface area (Å²) >= 11 is 1.64. The van der Waals surface area contributed by atoms with Gasteiger partial charge in [0.15, 0.2) is 0 Å². The van der Waals surface area contributed by atoms with Crippen LogP contribution in [0.5, 0.6) is 0 Å². The second-order valence-corrected chi connectivity index (χ2v) is 5.26. The highest BCUT2D eigenvalue weighted by Gasteiger charge is 2.17. The summed E-state index contributed by atoms with van der Waals surface area (Å²) in [6.45, 7) is 2.37. The van der Waals surface area contributed by atoms with E-state index in [2.05, 4.69) is 0 Å². The molecule has 96 valence electrons. The van der Waals surface area contributed by atoms with E-state index in [9.17, 15) is 4.39 Å². The van der Waals surface area contributed by atoms with E-state index in [4.69, 9.17) is 10.5 Å². The van der Waals surface area contributed by atoms with Crippen molar-refractivity contribution in [2.24, 2.45) is 5.73 Å². The maximum atomic E-state index is 13.2. The van der Waals surface area contributed by atoms with Crippen molar-refractivity contribution in [3.8, 4) is 0 Å². The Balaban J connectivity index is 2.08. The van der Waals surface area contributed by atoms with Crippen LogP contribution in [0.3, 0.4) is 0 Å². The molecule has 2 unspecified atom stereocenters. The van der Waals surface area contributed by atoms with Gasteiger partial charge in [-0.15, -0.1) is 11.3 Å². The van der Waals surface area contributed by atoms with Gasteiger partial charge in [-0.1, -0.05) is 18.2 Å². The predicted octanol–water partition coefficient (Wildman–Crippen LogP) is 3.49. The van der Waals surface area contributed by atoms with Crippen LogP contribution < -0.4 is 5.73 Å². The lowest BCUT2D eigenvalue weighted by atomic mass is 10.0. The van der Waals surface area contributed by atoms with Gasteiger partial charge in [0.2, 0.25) is 0 Å². The standard InChI is InChI=1S/C14H16FNOS/c1-10(16)14(11-4-2-5-12(15)8-11)17-9-13-6-3-7-18-13/h2-8,10,14H,9,16H2,1H3. The first-order valence-corrected chi connectivity index (χ1v) is 6.70. The Morgan fingerprint density at radius 3 is 2.78 bits per heavy atom. The molecule has 4 heteroatoms. The molecule has 0 fully saturated rings. The van der Waals surface area contributed by atoms with Crippen LogP contribution >= 0.6 is 11.3 Å². The Kier molecular flexibility index (Phi) is 4.47. The van der Waals surface area contributed by atoms with Gasteiger partial charge < -0.3 is 10.5 Å². The minimum atomic E-state index is -0.289. The van der Waals surface area contributed by atoms with Crippen LogP contribution in [0.1, 0.15) is 23.5 Å². The smallest absolute Gasteiger partial charge is 0.123 e. The van der Waals surface area contributed by atoms with Crippen molar-refractivity contribution in [1.82, 2.24) is 0 Å². The molecule has 0 aliphatic heterocycles. The number of hydrogen-bond acceptors (Lipinski definition) is 3. The van der Waals surface area contributed by atoms with Crippen molar-refractivity contribution in [1.29, 1.82) is 0 Å². The lowest BCUT2D eigenvalue weighted by molar-refractivity contribution is 0.0272. The molecule has 1 aromatic carbocycles. The zero-order chi connectivity index (χ0) is 13.0. The second kappa shape index (κ2) is 6.09. The summed E-state index contributed by atoms with van der Waals surface area (Å²) in [7, 11) is 0. The van der Waals surface area contributed by atoms with Crippen molar-refractivity contribution in [2.75, 3.05) is 0 Å². The molecule has 2 nitrogen and oxygen atoms in total. The van der Waals surface area contributed by atoms with E-state index >= 15 is 0 Å². The molecule has 0 saturated heterocycles. The molecular formula is C14H16FNOS. The van der Waals surface area contributed by atoms with E-state index in [1.807, 2.05) is 30.5 Å². The highest BCUT2D eigenvalue weighted by molar-refractivity contribution is 7.09. The fourth-order valence-corrected chi connectivity index (χ4v) is 2.43. The lowest BCUT2D eigenvalue weighted by Gasteiger charge is -2.21. The molecule has 0 radical (unpaired) electrons. The van der Waals surface area contributed by atoms with Gasteiger partial charge in [0.25, 0.3) is 0 Å². The third kappa shape index (κ3) is 3.38. The maximum absolute atomic E-state index is 13.2. The number of halogens is 1. The third-order valence-corrected chi connectivity index (χ3v) is 3.49. The first kappa shape index (κ1) is 13.2. The molecule has 0 bridgehead atoms. The molecule has 0 saturated carbocycles. The molecular weight excluding hydrogens is 249 g/mol. The number of nitrogens with two attached hydrogens (primary N) is 1. The molecule has 1 heterocycles. The molecule has 18 heavy (non-hydrogen) atoms. The highest BCUT2D eigenvalue weighted by atomic mass is 32.1. The van der Waals surface area contributed by atoms with Crippen molar-refractivity contribution in [2.45, 2.75) is 25.7 Å². The van der Waals surface area contributed by atoms with Crippen molar-refractivity contribution in [3.63, 3.8) is 0 Å². The van der Waals surface area contributed by atoms with Gasteiger partial charge in [0.05, 0.1) is 12.7 Å². The Hall–Kier alpha value is -1.23. The molecule has 0 aliphatic carbocycles.